The average Bonchev–Trinajstić information content (AvgIpc) is 2.54. The maximum atomic E-state index is 12.1. The molecule has 1 amide bonds. The van der Waals surface area contributed by atoms with Crippen LogP contribution in [0.25, 0.3) is 0 Å². The highest BCUT2D eigenvalue weighted by atomic mass is 32.2. The van der Waals surface area contributed by atoms with E-state index in [9.17, 15) is 9.59 Å². The lowest BCUT2D eigenvalue weighted by Gasteiger charge is -2.21. The molecule has 0 saturated heterocycles. The van der Waals surface area contributed by atoms with E-state index in [2.05, 4.69) is 5.32 Å². The summed E-state index contributed by atoms with van der Waals surface area (Å²) in [5.41, 5.74) is 1.03. The van der Waals surface area contributed by atoms with E-state index >= 15 is 0 Å². The van der Waals surface area contributed by atoms with Gasteiger partial charge in [-0.2, -0.15) is 0 Å². The Morgan fingerprint density at radius 2 is 1.83 bits per heavy atom. The topological polar surface area (TPSA) is 49.4 Å². The molecule has 0 aliphatic carbocycles. The van der Waals surface area contributed by atoms with Crippen molar-refractivity contribution in [2.24, 2.45) is 0 Å². The Bertz CT molecular complexity index is 531. The molecule has 0 aliphatic heterocycles. The van der Waals surface area contributed by atoms with E-state index in [0.29, 0.717) is 10.7 Å². The highest BCUT2D eigenvalue weighted by Crippen LogP contribution is 2.10. The summed E-state index contributed by atoms with van der Waals surface area (Å²) in [5, 5.41) is 2.81. The van der Waals surface area contributed by atoms with Crippen molar-refractivity contribution in [1.29, 1.82) is 0 Å². The van der Waals surface area contributed by atoms with Crippen LogP contribution < -0.4 is 5.32 Å². The zero-order valence-electron chi connectivity index (χ0n) is 13.9. The third-order valence-electron chi connectivity index (χ3n) is 3.46. The van der Waals surface area contributed by atoms with Crippen molar-refractivity contribution in [2.75, 3.05) is 18.8 Å². The van der Waals surface area contributed by atoms with E-state index in [-0.39, 0.29) is 17.4 Å². The fourth-order valence-electron chi connectivity index (χ4n) is 2.08. The fraction of sp³-hybridized carbons (Fsp3) is 0.471. The number of carbonyl (C=O) groups excluding carboxylic acids is 2. The van der Waals surface area contributed by atoms with Gasteiger partial charge >= 0.3 is 0 Å². The zero-order chi connectivity index (χ0) is 17.2. The Morgan fingerprint density at radius 3 is 2.35 bits per heavy atom. The molecular formula is C17H24N2O2S2. The first-order chi connectivity index (χ1) is 11.0. The van der Waals surface area contributed by atoms with Gasteiger partial charge in [0.05, 0.1) is 11.8 Å². The number of hydrogen-bond acceptors (Lipinski definition) is 4. The summed E-state index contributed by atoms with van der Waals surface area (Å²) in [4.78, 5) is 25.9. The molecule has 1 aromatic rings. The minimum absolute atomic E-state index is 0.0430. The Hall–Kier alpha value is -1.40. The molecule has 23 heavy (non-hydrogen) atoms. The van der Waals surface area contributed by atoms with Gasteiger partial charge in [-0.15, -0.1) is 0 Å². The van der Waals surface area contributed by atoms with Gasteiger partial charge in [0.1, 0.15) is 4.32 Å². The number of ketones is 1. The Labute approximate surface area is 148 Å². The first kappa shape index (κ1) is 19.6. The molecule has 0 fully saturated rings. The molecule has 0 spiro atoms. The number of amides is 1. The first-order valence-corrected chi connectivity index (χ1v) is 9.12. The number of nitrogens with one attached hydrogen (secondary N) is 1. The normalized spacial score (nSPS) is 11.6. The number of thiocarbonyl (C=S) groups is 1. The minimum Gasteiger partial charge on any atom is -0.358 e. The summed E-state index contributed by atoms with van der Waals surface area (Å²) < 4.78 is 0.715. The molecule has 6 heteroatoms. The number of rotatable bonds is 8. The maximum absolute atomic E-state index is 12.1. The van der Waals surface area contributed by atoms with Crippen LogP contribution >= 0.6 is 24.0 Å². The largest absolute Gasteiger partial charge is 0.358 e. The third-order valence-corrected chi connectivity index (χ3v) is 4.98. The molecule has 0 heterocycles. The van der Waals surface area contributed by atoms with Crippen molar-refractivity contribution in [3.05, 3.63) is 35.9 Å². The molecule has 0 unspecified atom stereocenters. The molecule has 0 saturated carbocycles. The fourth-order valence-corrected chi connectivity index (χ4v) is 3.30. The van der Waals surface area contributed by atoms with Gasteiger partial charge < -0.3 is 10.2 Å². The lowest BCUT2D eigenvalue weighted by Crippen LogP contribution is -2.42. The van der Waals surface area contributed by atoms with E-state index in [0.717, 1.165) is 18.7 Å². The van der Waals surface area contributed by atoms with Gasteiger partial charge in [0.15, 0.2) is 5.78 Å². The van der Waals surface area contributed by atoms with Gasteiger partial charge in [-0.3, -0.25) is 9.59 Å². The van der Waals surface area contributed by atoms with Crippen molar-refractivity contribution < 1.29 is 9.59 Å². The second-order valence-corrected chi connectivity index (χ2v) is 6.76. The second-order valence-electron chi connectivity index (χ2n) is 5.15. The van der Waals surface area contributed by atoms with E-state index in [4.69, 9.17) is 12.2 Å². The van der Waals surface area contributed by atoms with Crippen molar-refractivity contribution in [1.82, 2.24) is 10.2 Å². The molecule has 4 nitrogen and oxygen atoms in total. The highest BCUT2D eigenvalue weighted by Gasteiger charge is 2.18. The molecule has 0 aliphatic rings. The van der Waals surface area contributed by atoms with E-state index in [1.165, 1.54) is 18.7 Å². The molecule has 1 atom stereocenters. The van der Waals surface area contributed by atoms with Crippen LogP contribution in [0.5, 0.6) is 0 Å². The van der Waals surface area contributed by atoms with Crippen molar-refractivity contribution in [3.8, 4) is 0 Å². The predicted octanol–water partition coefficient (Wildman–Crippen LogP) is 2.66. The van der Waals surface area contributed by atoms with E-state index in [1.54, 1.807) is 0 Å². The monoisotopic (exact) mass is 352 g/mol. The molecule has 126 valence electrons. The molecule has 1 N–H and O–H groups in total. The number of hydrogen-bond donors (Lipinski definition) is 1. The predicted molar refractivity (Wildman–Crippen MR) is 101 cm³/mol. The maximum Gasteiger partial charge on any atom is 0.231 e. The van der Waals surface area contributed by atoms with Crippen LogP contribution in [-0.4, -0.2) is 45.8 Å². The van der Waals surface area contributed by atoms with Gasteiger partial charge in [-0.05, 0) is 32.8 Å². The highest BCUT2D eigenvalue weighted by molar-refractivity contribution is 8.23. The quantitative estimate of drug-likeness (QED) is 0.729. The average molecular weight is 353 g/mol. The van der Waals surface area contributed by atoms with E-state index in [1.807, 2.05) is 49.1 Å². The minimum atomic E-state index is -0.493. The summed E-state index contributed by atoms with van der Waals surface area (Å²) in [5.74, 6) is 0.0210. The number of nitrogens with zero attached hydrogens (tertiary/aromatic N) is 1. The van der Waals surface area contributed by atoms with Crippen LogP contribution in [0, 0.1) is 0 Å². The van der Waals surface area contributed by atoms with Gasteiger partial charge in [-0.25, -0.2) is 0 Å². The standard InChI is InChI=1S/C17H24N2O2S2/c1-4-19(5-2)17(22)23-12-16(21)18-15(13(3)20)11-14-9-7-6-8-10-14/h6-10,15H,4-5,11-12H2,1-3H3,(H,18,21)/t15-/m0/s1. The summed E-state index contributed by atoms with van der Waals surface area (Å²) in [7, 11) is 0. The number of carbonyl (C=O) groups is 2. The summed E-state index contributed by atoms with van der Waals surface area (Å²) in [6, 6.07) is 9.18. The van der Waals surface area contributed by atoms with Crippen LogP contribution in [-0.2, 0) is 16.0 Å². The van der Waals surface area contributed by atoms with Gasteiger partial charge in [0, 0.05) is 13.1 Å². The van der Waals surface area contributed by atoms with Crippen molar-refractivity contribution in [2.45, 2.75) is 33.2 Å². The van der Waals surface area contributed by atoms with Gasteiger partial charge in [0.2, 0.25) is 5.91 Å². The first-order valence-electron chi connectivity index (χ1n) is 7.73. The number of Topliss-reactive ketones (excluding diaryl/α,β-unsaturated/α-hetero) is 1. The van der Waals surface area contributed by atoms with E-state index < -0.39 is 6.04 Å². The van der Waals surface area contributed by atoms with Gasteiger partial charge in [-0.1, -0.05) is 54.3 Å². The molecule has 0 aromatic heterocycles. The Kier molecular flexibility index (Phi) is 8.87. The molecule has 1 aromatic carbocycles. The number of benzene rings is 1. The molecule has 1 rings (SSSR count). The lowest BCUT2D eigenvalue weighted by molar-refractivity contribution is -0.125. The third kappa shape index (κ3) is 7.14. The lowest BCUT2D eigenvalue weighted by atomic mass is 10.0. The number of thioether (sulfide) groups is 1. The summed E-state index contributed by atoms with van der Waals surface area (Å²) in [6.45, 7) is 7.22. The van der Waals surface area contributed by atoms with Gasteiger partial charge in [0.25, 0.3) is 0 Å². The van der Waals surface area contributed by atoms with Crippen LogP contribution in [0.2, 0.25) is 0 Å². The van der Waals surface area contributed by atoms with Crippen molar-refractivity contribution >= 4 is 40.0 Å². The zero-order valence-corrected chi connectivity index (χ0v) is 15.5. The Morgan fingerprint density at radius 1 is 1.22 bits per heavy atom. The smallest absolute Gasteiger partial charge is 0.231 e. The molecular weight excluding hydrogens is 328 g/mol. The molecule has 0 radical (unpaired) electrons. The molecule has 0 bridgehead atoms. The summed E-state index contributed by atoms with van der Waals surface area (Å²) >= 11 is 6.64. The SMILES string of the molecule is CCN(CC)C(=S)SCC(=O)N[C@@H](Cc1ccccc1)C(C)=O. The van der Waals surface area contributed by atoms with Crippen LogP contribution in [0.3, 0.4) is 0 Å². The van der Waals surface area contributed by atoms with Crippen LogP contribution in [0.15, 0.2) is 30.3 Å². The Balaban J connectivity index is 2.52. The van der Waals surface area contributed by atoms with Crippen LogP contribution in [0.4, 0.5) is 0 Å². The van der Waals surface area contributed by atoms with Crippen molar-refractivity contribution in [3.63, 3.8) is 0 Å². The van der Waals surface area contributed by atoms with Crippen LogP contribution in [0.1, 0.15) is 26.3 Å². The second kappa shape index (κ2) is 10.4. The summed E-state index contributed by atoms with van der Waals surface area (Å²) in [6.07, 6.45) is 0.507.